The summed E-state index contributed by atoms with van der Waals surface area (Å²) in [5.41, 5.74) is 5.02. The van der Waals surface area contributed by atoms with E-state index < -0.39 is 5.54 Å². The SMILES string of the molecule is CC1COCCN1C(C)CC(C)(NC1CC1)C(N)=O. The normalized spacial score (nSPS) is 29.7. The van der Waals surface area contributed by atoms with Gasteiger partial charge in [0.05, 0.1) is 18.8 Å². The second kappa shape index (κ2) is 5.77. The highest BCUT2D eigenvalue weighted by atomic mass is 16.5. The molecule has 1 aliphatic carbocycles. The van der Waals surface area contributed by atoms with Crippen molar-refractivity contribution in [1.29, 1.82) is 0 Å². The third-order valence-electron chi connectivity index (χ3n) is 4.33. The molecule has 3 atom stereocenters. The molecule has 0 bridgehead atoms. The number of morpholine rings is 1. The van der Waals surface area contributed by atoms with E-state index in [1.54, 1.807) is 0 Å². The van der Waals surface area contributed by atoms with Crippen LogP contribution in [0.25, 0.3) is 0 Å². The van der Waals surface area contributed by atoms with Gasteiger partial charge in [-0.15, -0.1) is 0 Å². The van der Waals surface area contributed by atoms with Crippen LogP contribution in [0.5, 0.6) is 0 Å². The summed E-state index contributed by atoms with van der Waals surface area (Å²) in [6.45, 7) is 8.77. The molecular formula is C14H27N3O2. The van der Waals surface area contributed by atoms with Gasteiger partial charge in [-0.2, -0.15) is 0 Å². The fourth-order valence-electron chi connectivity index (χ4n) is 3.01. The van der Waals surface area contributed by atoms with Crippen molar-refractivity contribution in [3.63, 3.8) is 0 Å². The van der Waals surface area contributed by atoms with E-state index in [9.17, 15) is 4.79 Å². The highest BCUT2D eigenvalue weighted by molar-refractivity contribution is 5.84. The molecule has 3 unspecified atom stereocenters. The molecule has 0 radical (unpaired) electrons. The lowest BCUT2D eigenvalue weighted by Gasteiger charge is -2.41. The number of carbonyl (C=O) groups is 1. The Bertz CT molecular complexity index is 333. The zero-order chi connectivity index (χ0) is 14.0. The molecule has 1 aliphatic heterocycles. The van der Waals surface area contributed by atoms with E-state index in [1.165, 1.54) is 0 Å². The largest absolute Gasteiger partial charge is 0.379 e. The van der Waals surface area contributed by atoms with Crippen LogP contribution in [0.2, 0.25) is 0 Å². The van der Waals surface area contributed by atoms with E-state index in [0.29, 0.717) is 18.1 Å². The molecule has 0 spiro atoms. The molecular weight excluding hydrogens is 242 g/mol. The first kappa shape index (κ1) is 14.8. The predicted molar refractivity (Wildman–Crippen MR) is 74.8 cm³/mol. The van der Waals surface area contributed by atoms with E-state index in [0.717, 1.165) is 39.0 Å². The Morgan fingerprint density at radius 3 is 2.79 bits per heavy atom. The van der Waals surface area contributed by atoms with Crippen LogP contribution in [0.3, 0.4) is 0 Å². The third-order valence-corrected chi connectivity index (χ3v) is 4.33. The number of primary amides is 1. The average Bonchev–Trinajstić information content (AvgIpc) is 3.12. The van der Waals surface area contributed by atoms with Crippen molar-refractivity contribution in [2.75, 3.05) is 19.8 Å². The van der Waals surface area contributed by atoms with Gasteiger partial charge in [0.1, 0.15) is 0 Å². The van der Waals surface area contributed by atoms with Gasteiger partial charge in [-0.3, -0.25) is 9.69 Å². The van der Waals surface area contributed by atoms with Gasteiger partial charge in [0.15, 0.2) is 0 Å². The number of hydrogen-bond donors (Lipinski definition) is 2. The molecule has 1 saturated heterocycles. The number of rotatable bonds is 6. The molecule has 2 fully saturated rings. The van der Waals surface area contributed by atoms with E-state index in [1.807, 2.05) is 6.92 Å². The van der Waals surface area contributed by atoms with Crippen molar-refractivity contribution in [1.82, 2.24) is 10.2 Å². The lowest BCUT2D eigenvalue weighted by molar-refractivity contribution is -0.125. The maximum absolute atomic E-state index is 11.8. The molecule has 2 aliphatic rings. The van der Waals surface area contributed by atoms with Crippen LogP contribution in [-0.4, -0.2) is 54.2 Å². The van der Waals surface area contributed by atoms with Gasteiger partial charge in [-0.05, 0) is 40.0 Å². The number of nitrogens with two attached hydrogens (primary N) is 1. The molecule has 1 amide bonds. The monoisotopic (exact) mass is 269 g/mol. The fraction of sp³-hybridized carbons (Fsp3) is 0.929. The summed E-state index contributed by atoms with van der Waals surface area (Å²) < 4.78 is 5.47. The summed E-state index contributed by atoms with van der Waals surface area (Å²) in [7, 11) is 0. The molecule has 0 aromatic carbocycles. The summed E-state index contributed by atoms with van der Waals surface area (Å²) in [6, 6.07) is 1.20. The van der Waals surface area contributed by atoms with Crippen LogP contribution in [0, 0.1) is 0 Å². The smallest absolute Gasteiger partial charge is 0.237 e. The number of carbonyl (C=O) groups excluding carboxylic acids is 1. The Morgan fingerprint density at radius 2 is 2.26 bits per heavy atom. The molecule has 3 N–H and O–H groups in total. The Labute approximate surface area is 115 Å². The lowest BCUT2D eigenvalue weighted by atomic mass is 9.91. The minimum Gasteiger partial charge on any atom is -0.379 e. The van der Waals surface area contributed by atoms with E-state index in [2.05, 4.69) is 24.1 Å². The number of nitrogens with one attached hydrogen (secondary N) is 1. The van der Waals surface area contributed by atoms with Gasteiger partial charge in [0, 0.05) is 24.7 Å². The Hall–Kier alpha value is -0.650. The summed E-state index contributed by atoms with van der Waals surface area (Å²) in [5.74, 6) is -0.243. The predicted octanol–water partition coefficient (Wildman–Crippen LogP) is 0.482. The van der Waals surface area contributed by atoms with Gasteiger partial charge in [0.2, 0.25) is 5.91 Å². The van der Waals surface area contributed by atoms with Crippen LogP contribution >= 0.6 is 0 Å². The molecule has 1 saturated carbocycles. The minimum atomic E-state index is -0.599. The topological polar surface area (TPSA) is 67.6 Å². The summed E-state index contributed by atoms with van der Waals surface area (Å²) >= 11 is 0. The number of hydrogen-bond acceptors (Lipinski definition) is 4. The lowest BCUT2D eigenvalue weighted by Crippen LogP contribution is -2.58. The van der Waals surface area contributed by atoms with Gasteiger partial charge in [-0.25, -0.2) is 0 Å². The van der Waals surface area contributed by atoms with Crippen molar-refractivity contribution < 1.29 is 9.53 Å². The summed E-state index contributed by atoms with van der Waals surface area (Å²) in [6.07, 6.45) is 3.07. The number of amides is 1. The van der Waals surface area contributed by atoms with Crippen molar-refractivity contribution in [3.8, 4) is 0 Å². The minimum absolute atomic E-state index is 0.243. The van der Waals surface area contributed by atoms with Gasteiger partial charge < -0.3 is 15.8 Å². The van der Waals surface area contributed by atoms with Gasteiger partial charge in [0.25, 0.3) is 0 Å². The highest BCUT2D eigenvalue weighted by Crippen LogP contribution is 2.26. The Balaban J connectivity index is 1.97. The van der Waals surface area contributed by atoms with Crippen molar-refractivity contribution >= 4 is 5.91 Å². The third kappa shape index (κ3) is 3.68. The second-order valence-corrected chi connectivity index (χ2v) is 6.33. The first-order valence-corrected chi connectivity index (χ1v) is 7.33. The maximum Gasteiger partial charge on any atom is 0.237 e. The quantitative estimate of drug-likeness (QED) is 0.736. The van der Waals surface area contributed by atoms with Crippen LogP contribution in [-0.2, 0) is 9.53 Å². The Kier molecular flexibility index (Phi) is 4.48. The zero-order valence-corrected chi connectivity index (χ0v) is 12.3. The highest BCUT2D eigenvalue weighted by Gasteiger charge is 2.39. The van der Waals surface area contributed by atoms with E-state index >= 15 is 0 Å². The van der Waals surface area contributed by atoms with Crippen LogP contribution in [0.15, 0.2) is 0 Å². The fourth-order valence-corrected chi connectivity index (χ4v) is 3.01. The molecule has 5 nitrogen and oxygen atoms in total. The van der Waals surface area contributed by atoms with E-state index in [4.69, 9.17) is 10.5 Å². The van der Waals surface area contributed by atoms with Crippen molar-refractivity contribution in [2.45, 2.75) is 63.7 Å². The zero-order valence-electron chi connectivity index (χ0n) is 12.3. The second-order valence-electron chi connectivity index (χ2n) is 6.33. The van der Waals surface area contributed by atoms with Crippen molar-refractivity contribution in [2.24, 2.45) is 5.73 Å². The number of nitrogens with zero attached hydrogens (tertiary/aromatic N) is 1. The molecule has 19 heavy (non-hydrogen) atoms. The average molecular weight is 269 g/mol. The first-order valence-electron chi connectivity index (χ1n) is 7.33. The molecule has 0 aromatic heterocycles. The molecule has 5 heteroatoms. The van der Waals surface area contributed by atoms with Crippen LogP contribution in [0.1, 0.15) is 40.0 Å². The standard InChI is InChI=1S/C14H27N3O2/c1-10(17-6-7-19-9-11(17)2)8-14(3,13(15)18)16-12-4-5-12/h10-12,16H,4-9H2,1-3H3,(H2,15,18). The van der Waals surface area contributed by atoms with Gasteiger partial charge >= 0.3 is 0 Å². The molecule has 2 rings (SSSR count). The molecule has 0 aromatic rings. The Morgan fingerprint density at radius 1 is 1.58 bits per heavy atom. The summed E-state index contributed by atoms with van der Waals surface area (Å²) in [4.78, 5) is 14.2. The number of ether oxygens (including phenoxy) is 1. The molecule has 110 valence electrons. The van der Waals surface area contributed by atoms with Crippen LogP contribution in [0.4, 0.5) is 0 Å². The van der Waals surface area contributed by atoms with Crippen molar-refractivity contribution in [3.05, 3.63) is 0 Å². The van der Waals surface area contributed by atoms with Gasteiger partial charge in [-0.1, -0.05) is 0 Å². The summed E-state index contributed by atoms with van der Waals surface area (Å²) in [5, 5.41) is 3.42. The van der Waals surface area contributed by atoms with Crippen LogP contribution < -0.4 is 11.1 Å². The first-order chi connectivity index (χ1) is 8.92. The van der Waals surface area contributed by atoms with E-state index in [-0.39, 0.29) is 5.91 Å². The molecule has 1 heterocycles. The maximum atomic E-state index is 11.8.